The van der Waals surface area contributed by atoms with Crippen molar-refractivity contribution in [3.63, 3.8) is 0 Å². The number of allylic oxidation sites excluding steroid dienone is 1. The number of hydrogen-bond donors (Lipinski definition) is 0. The molecule has 6 aliphatic rings. The molecule has 0 spiro atoms. The second-order valence-electron chi connectivity index (χ2n) is 10.6. The highest BCUT2D eigenvalue weighted by molar-refractivity contribution is 5.83. The van der Waals surface area contributed by atoms with Gasteiger partial charge in [-0.1, -0.05) is 26.3 Å². The number of hydrogen-bond acceptors (Lipinski definition) is 4. The Morgan fingerprint density at radius 1 is 1.00 bits per heavy atom. The van der Waals surface area contributed by atoms with Crippen LogP contribution in [-0.4, -0.2) is 17.5 Å². The molecule has 4 nitrogen and oxygen atoms in total. The first-order chi connectivity index (χ1) is 14.0. The second-order valence-corrected chi connectivity index (χ2v) is 10.6. The molecule has 1 unspecified atom stereocenters. The molecule has 1 atom stereocenters. The van der Waals surface area contributed by atoms with Crippen molar-refractivity contribution in [1.29, 1.82) is 0 Å². The van der Waals surface area contributed by atoms with Gasteiger partial charge in [0.1, 0.15) is 11.4 Å². The molecule has 0 N–H and O–H groups in total. The largest absolute Gasteiger partial charge is 0.458 e. The van der Waals surface area contributed by atoms with Crippen LogP contribution in [0.3, 0.4) is 0 Å². The average Bonchev–Trinajstić information content (AvgIpc) is 2.67. The van der Waals surface area contributed by atoms with Gasteiger partial charge in [-0.15, -0.1) is 0 Å². The van der Waals surface area contributed by atoms with Gasteiger partial charge in [0, 0.05) is 12.5 Å². The first-order valence-corrected chi connectivity index (χ1v) is 11.8. The fourth-order valence-electron chi connectivity index (χ4n) is 7.60. The molecule has 0 amide bonds. The Bertz CT molecular complexity index is 699. The highest BCUT2D eigenvalue weighted by Crippen LogP contribution is 2.63. The number of ether oxygens (including phenoxy) is 2. The predicted octanol–water partition coefficient (Wildman–Crippen LogP) is 5.18. The van der Waals surface area contributed by atoms with Crippen molar-refractivity contribution < 1.29 is 19.1 Å². The monoisotopic (exact) mass is 398 g/mol. The highest BCUT2D eigenvalue weighted by atomic mass is 16.6. The van der Waals surface area contributed by atoms with Crippen molar-refractivity contribution >= 4 is 11.9 Å². The van der Waals surface area contributed by atoms with Crippen LogP contribution in [0.1, 0.15) is 71.1 Å². The molecule has 0 aromatic rings. The van der Waals surface area contributed by atoms with Gasteiger partial charge in [-0.3, -0.25) is 4.79 Å². The minimum Gasteiger partial charge on any atom is -0.458 e. The molecule has 0 aromatic carbocycles. The summed E-state index contributed by atoms with van der Waals surface area (Å²) in [7, 11) is 0. The van der Waals surface area contributed by atoms with Crippen molar-refractivity contribution in [3.8, 4) is 0 Å². The molecule has 0 saturated heterocycles. The van der Waals surface area contributed by atoms with Crippen LogP contribution < -0.4 is 0 Å². The van der Waals surface area contributed by atoms with E-state index in [4.69, 9.17) is 9.47 Å². The number of carbonyl (C=O) groups is 2. The molecule has 158 valence electrons. The van der Waals surface area contributed by atoms with Crippen molar-refractivity contribution in [2.24, 2.45) is 41.4 Å². The van der Waals surface area contributed by atoms with E-state index in [0.29, 0.717) is 29.9 Å². The lowest BCUT2D eigenvalue weighted by atomic mass is 9.46. The van der Waals surface area contributed by atoms with E-state index in [0.717, 1.165) is 23.8 Å². The van der Waals surface area contributed by atoms with E-state index in [2.05, 4.69) is 13.5 Å². The van der Waals surface area contributed by atoms with E-state index in [1.54, 1.807) is 6.08 Å². The Hall–Kier alpha value is -1.58. The fraction of sp³-hybridized carbons (Fsp3) is 0.760. The average molecular weight is 399 g/mol. The summed E-state index contributed by atoms with van der Waals surface area (Å²) < 4.78 is 11.8. The third-order valence-electron chi connectivity index (χ3n) is 8.85. The molecule has 29 heavy (non-hydrogen) atoms. The van der Waals surface area contributed by atoms with E-state index in [9.17, 15) is 9.59 Å². The Labute approximate surface area is 174 Å². The lowest BCUT2D eigenvalue weighted by molar-refractivity contribution is -0.235. The quantitative estimate of drug-likeness (QED) is 0.473. The van der Waals surface area contributed by atoms with E-state index in [-0.39, 0.29) is 17.5 Å². The summed E-state index contributed by atoms with van der Waals surface area (Å²) in [6.07, 6.45) is 14.8. The van der Waals surface area contributed by atoms with Gasteiger partial charge in [-0.25, -0.2) is 4.79 Å². The minimum absolute atomic E-state index is 0.0884. The van der Waals surface area contributed by atoms with Gasteiger partial charge in [-0.2, -0.15) is 0 Å². The lowest BCUT2D eigenvalue weighted by Crippen LogP contribution is -2.64. The first-order valence-electron chi connectivity index (χ1n) is 11.8. The van der Waals surface area contributed by atoms with Crippen LogP contribution in [0.25, 0.3) is 0 Å². The summed E-state index contributed by atoms with van der Waals surface area (Å²) >= 11 is 0. The topological polar surface area (TPSA) is 52.6 Å². The van der Waals surface area contributed by atoms with Crippen molar-refractivity contribution in [2.45, 2.75) is 76.7 Å². The molecule has 0 aliphatic heterocycles. The van der Waals surface area contributed by atoms with Gasteiger partial charge in [0.15, 0.2) is 0 Å². The van der Waals surface area contributed by atoms with Crippen LogP contribution in [0.4, 0.5) is 0 Å². The molecule has 0 radical (unpaired) electrons. The van der Waals surface area contributed by atoms with Crippen molar-refractivity contribution in [3.05, 3.63) is 24.5 Å². The molecule has 6 aliphatic carbocycles. The molecule has 0 aromatic heterocycles. The smallest absolute Gasteiger partial charge is 0.335 e. The summed E-state index contributed by atoms with van der Waals surface area (Å²) in [6.45, 7) is 5.78. The Morgan fingerprint density at radius 2 is 1.59 bits per heavy atom. The number of rotatable bonds is 5. The van der Waals surface area contributed by atoms with Crippen LogP contribution in [-0.2, 0) is 19.1 Å². The molecule has 5 fully saturated rings. The van der Waals surface area contributed by atoms with Gasteiger partial charge in [-0.05, 0) is 86.5 Å². The molecule has 5 saturated carbocycles. The van der Waals surface area contributed by atoms with Crippen LogP contribution in [0.5, 0.6) is 0 Å². The molecule has 4 bridgehead atoms. The van der Waals surface area contributed by atoms with E-state index in [1.807, 2.05) is 0 Å². The lowest BCUT2D eigenvalue weighted by Gasteiger charge is -2.63. The van der Waals surface area contributed by atoms with Gasteiger partial charge < -0.3 is 9.47 Å². The standard InChI is InChI=1S/C25H34O4/c1-3-23(26)28-22-13-18(14-22)24(27)29-25(19-6-4-15(2)5-7-19)20-9-16-8-17(11-20)12-21(25)10-16/h3,13,15-21H,1,4-12,14H2,2H3. The number of carbonyl (C=O) groups excluding carboxylic acids is 2. The van der Waals surface area contributed by atoms with Gasteiger partial charge >= 0.3 is 11.9 Å². The van der Waals surface area contributed by atoms with Crippen LogP contribution >= 0.6 is 0 Å². The van der Waals surface area contributed by atoms with Crippen molar-refractivity contribution in [1.82, 2.24) is 0 Å². The van der Waals surface area contributed by atoms with E-state index in [1.165, 1.54) is 57.8 Å². The van der Waals surface area contributed by atoms with Gasteiger partial charge in [0.2, 0.25) is 0 Å². The van der Waals surface area contributed by atoms with Crippen LogP contribution in [0.2, 0.25) is 0 Å². The summed E-state index contributed by atoms with van der Waals surface area (Å²) in [5.41, 5.74) is -0.230. The molecular formula is C25H34O4. The van der Waals surface area contributed by atoms with Crippen LogP contribution in [0, 0.1) is 41.4 Å². The second kappa shape index (κ2) is 7.28. The normalized spacial score (nSPS) is 45.1. The SMILES string of the molecule is C=CC(=O)OC1=CC(C(=O)OC2(C3CCC(C)CC3)C3CC4CC(C3)CC2C4)C1. The Morgan fingerprint density at radius 3 is 2.14 bits per heavy atom. The zero-order valence-electron chi connectivity index (χ0n) is 17.6. The third-order valence-corrected chi connectivity index (χ3v) is 8.85. The highest BCUT2D eigenvalue weighted by Gasteiger charge is 2.62. The van der Waals surface area contributed by atoms with Gasteiger partial charge in [0.25, 0.3) is 0 Å². The summed E-state index contributed by atoms with van der Waals surface area (Å²) in [5, 5.41) is 0. The fourth-order valence-corrected chi connectivity index (χ4v) is 7.60. The maximum absolute atomic E-state index is 13.2. The first kappa shape index (κ1) is 19.4. The molecule has 6 rings (SSSR count). The zero-order valence-corrected chi connectivity index (χ0v) is 17.6. The molecular weight excluding hydrogens is 364 g/mol. The summed E-state index contributed by atoms with van der Waals surface area (Å²) in [6, 6.07) is 0. The summed E-state index contributed by atoms with van der Waals surface area (Å²) in [4.78, 5) is 24.6. The third kappa shape index (κ3) is 3.27. The van der Waals surface area contributed by atoms with Crippen molar-refractivity contribution in [2.75, 3.05) is 0 Å². The van der Waals surface area contributed by atoms with Crippen LogP contribution in [0.15, 0.2) is 24.5 Å². The van der Waals surface area contributed by atoms with E-state index >= 15 is 0 Å². The Balaban J connectivity index is 1.36. The number of esters is 2. The predicted molar refractivity (Wildman–Crippen MR) is 109 cm³/mol. The maximum Gasteiger partial charge on any atom is 0.335 e. The molecule has 4 heteroatoms. The maximum atomic E-state index is 13.2. The summed E-state index contributed by atoms with van der Waals surface area (Å²) in [5.74, 6) is 3.92. The van der Waals surface area contributed by atoms with Gasteiger partial charge in [0.05, 0.1) is 5.92 Å². The zero-order chi connectivity index (χ0) is 20.2. The molecule has 0 heterocycles. The van der Waals surface area contributed by atoms with E-state index < -0.39 is 5.97 Å². The minimum atomic E-state index is -0.461. The Kier molecular flexibility index (Phi) is 4.87.